The number of aryl methyl sites for hydroxylation is 1. The standard InChI is InChI=1S/C14H15NO2S/c16-13(17)3-1-2-9-4-7-11-12(8-9)18-14(15-11)10-5-6-10/h4,7-8,10H,1-3,5-6H2,(H,16,17). The molecular weight excluding hydrogens is 246 g/mol. The molecule has 1 fully saturated rings. The number of carbonyl (C=O) groups is 1. The third-order valence-corrected chi connectivity index (χ3v) is 4.43. The van der Waals surface area contributed by atoms with E-state index in [1.807, 2.05) is 0 Å². The highest BCUT2D eigenvalue weighted by molar-refractivity contribution is 7.18. The number of carboxylic acids is 1. The van der Waals surface area contributed by atoms with Crippen molar-refractivity contribution in [1.82, 2.24) is 4.98 Å². The van der Waals surface area contributed by atoms with Crippen LogP contribution >= 0.6 is 11.3 Å². The van der Waals surface area contributed by atoms with Crippen LogP contribution in [0.4, 0.5) is 0 Å². The van der Waals surface area contributed by atoms with Gasteiger partial charge in [0.25, 0.3) is 0 Å². The summed E-state index contributed by atoms with van der Waals surface area (Å²) in [5.74, 6) is -0.0113. The van der Waals surface area contributed by atoms with Crippen LogP contribution in [0.5, 0.6) is 0 Å². The molecule has 1 saturated carbocycles. The first-order valence-electron chi connectivity index (χ1n) is 6.33. The summed E-state index contributed by atoms with van der Waals surface area (Å²) in [6.07, 6.45) is 4.35. The van der Waals surface area contributed by atoms with Crippen LogP contribution in [0.15, 0.2) is 18.2 Å². The largest absolute Gasteiger partial charge is 0.481 e. The van der Waals surface area contributed by atoms with Gasteiger partial charge in [0, 0.05) is 12.3 Å². The van der Waals surface area contributed by atoms with Crippen LogP contribution in [0, 0.1) is 0 Å². The molecule has 0 saturated heterocycles. The summed E-state index contributed by atoms with van der Waals surface area (Å²) >= 11 is 1.79. The van der Waals surface area contributed by atoms with E-state index in [1.54, 1.807) is 11.3 Å². The van der Waals surface area contributed by atoms with E-state index >= 15 is 0 Å². The fraction of sp³-hybridized carbons (Fsp3) is 0.429. The Bertz CT molecular complexity index is 586. The molecule has 0 unspecified atom stereocenters. The number of carboxylic acid groups (broad SMARTS) is 1. The van der Waals surface area contributed by atoms with Crippen molar-refractivity contribution in [3.63, 3.8) is 0 Å². The fourth-order valence-electron chi connectivity index (χ4n) is 2.09. The van der Waals surface area contributed by atoms with Gasteiger partial charge in [-0.3, -0.25) is 4.79 Å². The lowest BCUT2D eigenvalue weighted by atomic mass is 10.1. The van der Waals surface area contributed by atoms with Gasteiger partial charge >= 0.3 is 5.97 Å². The van der Waals surface area contributed by atoms with Crippen LogP contribution in [0.1, 0.15) is 42.2 Å². The fourth-order valence-corrected chi connectivity index (χ4v) is 3.29. The van der Waals surface area contributed by atoms with E-state index in [0.29, 0.717) is 12.3 Å². The second-order valence-electron chi connectivity index (χ2n) is 4.88. The predicted octanol–water partition coefficient (Wildman–Crippen LogP) is 3.58. The maximum atomic E-state index is 10.5. The van der Waals surface area contributed by atoms with Gasteiger partial charge in [0.1, 0.15) is 0 Å². The molecule has 3 nitrogen and oxygen atoms in total. The molecule has 1 heterocycles. The smallest absolute Gasteiger partial charge is 0.303 e. The quantitative estimate of drug-likeness (QED) is 0.895. The minimum atomic E-state index is -0.718. The highest BCUT2D eigenvalue weighted by atomic mass is 32.1. The van der Waals surface area contributed by atoms with Gasteiger partial charge < -0.3 is 5.11 Å². The molecule has 4 heteroatoms. The molecule has 18 heavy (non-hydrogen) atoms. The van der Waals surface area contributed by atoms with Crippen molar-refractivity contribution in [1.29, 1.82) is 0 Å². The minimum absolute atomic E-state index is 0.244. The van der Waals surface area contributed by atoms with Crippen molar-refractivity contribution in [2.24, 2.45) is 0 Å². The van der Waals surface area contributed by atoms with Gasteiger partial charge in [-0.2, -0.15) is 0 Å². The topological polar surface area (TPSA) is 50.2 Å². The lowest BCUT2D eigenvalue weighted by Gasteiger charge is -1.99. The molecule has 1 N–H and O–H groups in total. The maximum Gasteiger partial charge on any atom is 0.303 e. The number of aliphatic carboxylic acids is 1. The summed E-state index contributed by atoms with van der Waals surface area (Å²) < 4.78 is 1.24. The van der Waals surface area contributed by atoms with E-state index in [-0.39, 0.29) is 6.42 Å². The van der Waals surface area contributed by atoms with E-state index in [9.17, 15) is 4.79 Å². The molecule has 0 aliphatic heterocycles. The van der Waals surface area contributed by atoms with E-state index in [4.69, 9.17) is 5.11 Å². The molecule has 0 amide bonds. The SMILES string of the molecule is O=C(O)CCCc1ccc2nc(C3CC3)sc2c1. The van der Waals surface area contributed by atoms with Crippen LogP contribution in [0.3, 0.4) is 0 Å². The van der Waals surface area contributed by atoms with Crippen molar-refractivity contribution in [2.75, 3.05) is 0 Å². The molecule has 0 bridgehead atoms. The van der Waals surface area contributed by atoms with Crippen LogP contribution in [-0.4, -0.2) is 16.1 Å². The lowest BCUT2D eigenvalue weighted by Crippen LogP contribution is -1.95. The normalized spacial score (nSPS) is 15.1. The van der Waals surface area contributed by atoms with Crippen LogP contribution < -0.4 is 0 Å². The Morgan fingerprint density at radius 2 is 2.28 bits per heavy atom. The van der Waals surface area contributed by atoms with Gasteiger partial charge in [0.15, 0.2) is 0 Å². The third kappa shape index (κ3) is 2.53. The zero-order chi connectivity index (χ0) is 12.5. The van der Waals surface area contributed by atoms with Crippen molar-refractivity contribution in [3.05, 3.63) is 28.8 Å². The molecule has 94 valence electrons. The van der Waals surface area contributed by atoms with Gasteiger partial charge in [0.05, 0.1) is 15.2 Å². The molecule has 1 aliphatic carbocycles. The number of hydrogen-bond donors (Lipinski definition) is 1. The van der Waals surface area contributed by atoms with E-state index < -0.39 is 5.97 Å². The molecule has 1 aromatic heterocycles. The first-order chi connectivity index (χ1) is 8.72. The number of benzene rings is 1. The van der Waals surface area contributed by atoms with Crippen molar-refractivity contribution in [2.45, 2.75) is 38.0 Å². The summed E-state index contributed by atoms with van der Waals surface area (Å²) in [6, 6.07) is 6.30. The minimum Gasteiger partial charge on any atom is -0.481 e. The van der Waals surface area contributed by atoms with Crippen LogP contribution in [0.2, 0.25) is 0 Å². The van der Waals surface area contributed by atoms with E-state index in [0.717, 1.165) is 11.9 Å². The Labute approximate surface area is 109 Å². The lowest BCUT2D eigenvalue weighted by molar-refractivity contribution is -0.137. The third-order valence-electron chi connectivity index (χ3n) is 3.25. The van der Waals surface area contributed by atoms with Gasteiger partial charge in [0.2, 0.25) is 0 Å². The number of aromatic nitrogens is 1. The molecule has 0 spiro atoms. The van der Waals surface area contributed by atoms with Gasteiger partial charge in [-0.15, -0.1) is 11.3 Å². The Hall–Kier alpha value is -1.42. The summed E-state index contributed by atoms with van der Waals surface area (Å²) in [7, 11) is 0. The summed E-state index contributed by atoms with van der Waals surface area (Å²) in [6.45, 7) is 0. The number of rotatable bonds is 5. The average Bonchev–Trinajstić information content (AvgIpc) is 3.09. The first kappa shape index (κ1) is 11.7. The summed E-state index contributed by atoms with van der Waals surface area (Å²) in [5, 5.41) is 9.90. The monoisotopic (exact) mass is 261 g/mol. The molecule has 0 atom stereocenters. The molecule has 1 aliphatic rings. The van der Waals surface area contributed by atoms with Gasteiger partial charge in [-0.05, 0) is 43.4 Å². The second-order valence-corrected chi connectivity index (χ2v) is 5.94. The highest BCUT2D eigenvalue weighted by Gasteiger charge is 2.26. The molecule has 0 radical (unpaired) electrons. The van der Waals surface area contributed by atoms with E-state index in [1.165, 1.54) is 28.1 Å². The molecule has 1 aromatic carbocycles. The molecular formula is C14H15NO2S. The molecule has 2 aromatic rings. The zero-order valence-electron chi connectivity index (χ0n) is 10.1. The van der Waals surface area contributed by atoms with Gasteiger partial charge in [-0.1, -0.05) is 6.07 Å². The van der Waals surface area contributed by atoms with E-state index in [2.05, 4.69) is 23.2 Å². The van der Waals surface area contributed by atoms with Crippen molar-refractivity contribution >= 4 is 27.5 Å². The average molecular weight is 261 g/mol. The molecule has 3 rings (SSSR count). The maximum absolute atomic E-state index is 10.5. The zero-order valence-corrected chi connectivity index (χ0v) is 10.9. The Morgan fingerprint density at radius 1 is 1.44 bits per heavy atom. The number of thiazole rings is 1. The first-order valence-corrected chi connectivity index (χ1v) is 7.15. The number of fused-ring (bicyclic) bond motifs is 1. The highest BCUT2D eigenvalue weighted by Crippen LogP contribution is 2.43. The number of hydrogen-bond acceptors (Lipinski definition) is 3. The van der Waals surface area contributed by atoms with Gasteiger partial charge in [-0.25, -0.2) is 4.98 Å². The second kappa shape index (κ2) is 4.69. The van der Waals surface area contributed by atoms with Crippen LogP contribution in [0.25, 0.3) is 10.2 Å². The van der Waals surface area contributed by atoms with Crippen molar-refractivity contribution in [3.8, 4) is 0 Å². The Morgan fingerprint density at radius 3 is 3.00 bits per heavy atom. The van der Waals surface area contributed by atoms with Crippen molar-refractivity contribution < 1.29 is 9.90 Å². The summed E-state index contributed by atoms with van der Waals surface area (Å²) in [5.41, 5.74) is 2.30. The van der Waals surface area contributed by atoms with Crippen LogP contribution in [-0.2, 0) is 11.2 Å². The summed E-state index contributed by atoms with van der Waals surface area (Å²) in [4.78, 5) is 15.1. The Balaban J connectivity index is 1.75. The number of nitrogens with zero attached hydrogens (tertiary/aromatic N) is 1. The predicted molar refractivity (Wildman–Crippen MR) is 72.2 cm³/mol. The Kier molecular flexibility index (Phi) is 3.04.